The number of nitrogens with zero attached hydrogens (tertiary/aromatic N) is 2. The summed E-state index contributed by atoms with van der Waals surface area (Å²) in [5.74, 6) is -1.07. The topological polar surface area (TPSA) is 96.0 Å². The molecule has 11 heteroatoms. The third-order valence-corrected chi connectivity index (χ3v) is 8.89. The average Bonchev–Trinajstić information content (AvgIpc) is 3.31. The van der Waals surface area contributed by atoms with Gasteiger partial charge in [0, 0.05) is 29.1 Å². The van der Waals surface area contributed by atoms with Gasteiger partial charge in [0.2, 0.25) is 15.9 Å². The number of rotatable bonds is 7. The van der Waals surface area contributed by atoms with E-state index < -0.39 is 34.2 Å². The molecule has 1 amide bonds. The van der Waals surface area contributed by atoms with Crippen LogP contribution in [0.4, 0.5) is 5.69 Å². The molecular weight excluding hydrogens is 534 g/mol. The SMILES string of the molecule is CC(C)(C)OC(=O)CN([C@H]1CCN(c2ccc3c(c2)CCCNC3)C1=O)S(=O)(=O)/C=C/c1ccc(Cl)s1. The Morgan fingerprint density at radius 3 is 2.76 bits per heavy atom. The maximum absolute atomic E-state index is 13.6. The number of nitrogens with one attached hydrogen (secondary N) is 1. The largest absolute Gasteiger partial charge is 0.459 e. The van der Waals surface area contributed by atoms with Crippen molar-refractivity contribution < 1.29 is 22.7 Å². The highest BCUT2D eigenvalue weighted by Crippen LogP contribution is 2.30. The van der Waals surface area contributed by atoms with Crippen LogP contribution in [0.15, 0.2) is 35.7 Å². The zero-order chi connectivity index (χ0) is 26.8. The smallest absolute Gasteiger partial charge is 0.321 e. The Balaban J connectivity index is 1.60. The lowest BCUT2D eigenvalue weighted by Gasteiger charge is -2.27. The number of anilines is 1. The summed E-state index contributed by atoms with van der Waals surface area (Å²) in [5, 5.41) is 4.41. The van der Waals surface area contributed by atoms with Crippen molar-refractivity contribution in [2.75, 3.05) is 24.5 Å². The van der Waals surface area contributed by atoms with E-state index in [0.29, 0.717) is 15.8 Å². The fourth-order valence-electron chi connectivity index (χ4n) is 4.53. The molecule has 2 aromatic rings. The van der Waals surface area contributed by atoms with Crippen LogP contribution in [-0.4, -0.2) is 55.9 Å². The molecule has 1 aromatic heterocycles. The summed E-state index contributed by atoms with van der Waals surface area (Å²) in [6.07, 6.45) is 3.61. The van der Waals surface area contributed by atoms with Crippen LogP contribution in [-0.2, 0) is 37.3 Å². The van der Waals surface area contributed by atoms with Crippen molar-refractivity contribution in [2.45, 2.75) is 58.2 Å². The number of aryl methyl sites for hydroxylation is 1. The number of hydrogen-bond acceptors (Lipinski definition) is 7. The molecule has 1 N–H and O–H groups in total. The fraction of sp³-hybridized carbons (Fsp3) is 0.462. The molecule has 0 aliphatic carbocycles. The van der Waals surface area contributed by atoms with Crippen molar-refractivity contribution in [3.63, 3.8) is 0 Å². The third kappa shape index (κ3) is 7.00. The molecule has 3 heterocycles. The number of thiophene rings is 1. The molecule has 4 rings (SSSR count). The van der Waals surface area contributed by atoms with Crippen molar-refractivity contribution in [3.05, 3.63) is 56.1 Å². The first-order valence-electron chi connectivity index (χ1n) is 12.2. The quantitative estimate of drug-likeness (QED) is 0.506. The highest BCUT2D eigenvalue weighted by molar-refractivity contribution is 7.92. The van der Waals surface area contributed by atoms with Crippen molar-refractivity contribution in [2.24, 2.45) is 0 Å². The number of carbonyl (C=O) groups excluding carboxylic acids is 2. The lowest BCUT2D eigenvalue weighted by Crippen LogP contribution is -2.48. The van der Waals surface area contributed by atoms with E-state index in [9.17, 15) is 18.0 Å². The maximum atomic E-state index is 13.6. The fourth-order valence-corrected chi connectivity index (χ4v) is 6.89. The zero-order valence-corrected chi connectivity index (χ0v) is 23.6. The predicted octanol–water partition coefficient (Wildman–Crippen LogP) is 4.19. The molecule has 1 atom stereocenters. The molecule has 1 aromatic carbocycles. The minimum absolute atomic E-state index is 0.262. The van der Waals surface area contributed by atoms with E-state index in [4.69, 9.17) is 16.3 Å². The highest BCUT2D eigenvalue weighted by atomic mass is 35.5. The molecule has 200 valence electrons. The highest BCUT2D eigenvalue weighted by Gasteiger charge is 2.42. The molecule has 0 unspecified atom stereocenters. The number of hydrogen-bond donors (Lipinski definition) is 1. The van der Waals surface area contributed by atoms with Gasteiger partial charge in [-0.25, -0.2) is 8.42 Å². The molecule has 0 spiro atoms. The minimum Gasteiger partial charge on any atom is -0.459 e. The molecule has 0 radical (unpaired) electrons. The van der Waals surface area contributed by atoms with Crippen LogP contribution >= 0.6 is 22.9 Å². The summed E-state index contributed by atoms with van der Waals surface area (Å²) in [6.45, 7) is 6.65. The summed E-state index contributed by atoms with van der Waals surface area (Å²) < 4.78 is 33.8. The zero-order valence-electron chi connectivity index (χ0n) is 21.2. The maximum Gasteiger partial charge on any atom is 0.321 e. The van der Waals surface area contributed by atoms with Crippen LogP contribution in [0.25, 0.3) is 6.08 Å². The van der Waals surface area contributed by atoms with Gasteiger partial charge in [0.25, 0.3) is 0 Å². The molecule has 8 nitrogen and oxygen atoms in total. The summed E-state index contributed by atoms with van der Waals surface area (Å²) in [5.41, 5.74) is 2.34. The molecule has 1 fully saturated rings. The second-order valence-corrected chi connectivity index (χ2v) is 13.7. The van der Waals surface area contributed by atoms with Gasteiger partial charge in [0.15, 0.2) is 0 Å². The van der Waals surface area contributed by atoms with Crippen LogP contribution in [0.2, 0.25) is 4.34 Å². The number of sulfonamides is 1. The molecule has 1 saturated heterocycles. The summed E-state index contributed by atoms with van der Waals surface area (Å²) in [7, 11) is -4.14. The first kappa shape index (κ1) is 27.8. The second kappa shape index (κ2) is 11.2. The van der Waals surface area contributed by atoms with E-state index in [2.05, 4.69) is 5.32 Å². The van der Waals surface area contributed by atoms with Gasteiger partial charge in [-0.05, 0) is 88.0 Å². The van der Waals surface area contributed by atoms with E-state index in [1.54, 1.807) is 37.8 Å². The summed E-state index contributed by atoms with van der Waals surface area (Å²) in [4.78, 5) is 28.6. The van der Waals surface area contributed by atoms with E-state index in [-0.39, 0.29) is 12.3 Å². The Labute approximate surface area is 227 Å². The van der Waals surface area contributed by atoms with Crippen molar-refractivity contribution >= 4 is 56.6 Å². The summed E-state index contributed by atoms with van der Waals surface area (Å²) >= 11 is 7.19. The van der Waals surface area contributed by atoms with Gasteiger partial charge < -0.3 is 15.0 Å². The van der Waals surface area contributed by atoms with E-state index in [0.717, 1.165) is 41.3 Å². The number of amides is 1. The van der Waals surface area contributed by atoms with Crippen LogP contribution in [0.1, 0.15) is 49.6 Å². The van der Waals surface area contributed by atoms with Gasteiger partial charge in [-0.15, -0.1) is 11.3 Å². The first-order chi connectivity index (χ1) is 17.4. The second-order valence-electron chi connectivity index (χ2n) is 10.1. The lowest BCUT2D eigenvalue weighted by molar-refractivity contribution is -0.155. The molecule has 0 saturated carbocycles. The average molecular weight is 566 g/mol. The van der Waals surface area contributed by atoms with Gasteiger partial charge in [0.05, 0.1) is 4.34 Å². The van der Waals surface area contributed by atoms with Gasteiger partial charge in [0.1, 0.15) is 18.2 Å². The predicted molar refractivity (Wildman–Crippen MR) is 147 cm³/mol. The normalized spacial score (nSPS) is 18.9. The van der Waals surface area contributed by atoms with E-state index >= 15 is 0 Å². The standard InChI is InChI=1S/C26H32ClN3O5S2/c1-26(2,3)35-24(31)17-30(37(33,34)14-11-21-8-9-23(27)36-21)22-10-13-29(25(22)32)20-7-6-19-16-28-12-4-5-18(19)15-20/h6-9,11,14-15,22,28H,4-5,10,12-13,16-17H2,1-3H3/b14-11+/t22-/m0/s1. The Hall–Kier alpha value is -2.24. The monoisotopic (exact) mass is 565 g/mol. The Morgan fingerprint density at radius 2 is 2.05 bits per heavy atom. The molecule has 2 aliphatic heterocycles. The van der Waals surface area contributed by atoms with Crippen LogP contribution in [0.5, 0.6) is 0 Å². The first-order valence-corrected chi connectivity index (χ1v) is 14.9. The van der Waals surface area contributed by atoms with Gasteiger partial charge in [-0.3, -0.25) is 9.59 Å². The van der Waals surface area contributed by atoms with Crippen molar-refractivity contribution in [1.82, 2.24) is 9.62 Å². The number of ether oxygens (including phenoxy) is 1. The molecule has 37 heavy (non-hydrogen) atoms. The van der Waals surface area contributed by atoms with Crippen molar-refractivity contribution in [3.8, 4) is 0 Å². The van der Waals surface area contributed by atoms with Crippen LogP contribution in [0.3, 0.4) is 0 Å². The summed E-state index contributed by atoms with van der Waals surface area (Å²) in [6, 6.07) is 8.30. The third-order valence-electron chi connectivity index (χ3n) is 6.17. The Morgan fingerprint density at radius 1 is 1.27 bits per heavy atom. The Bertz CT molecular complexity index is 1300. The van der Waals surface area contributed by atoms with Crippen LogP contribution < -0.4 is 10.2 Å². The number of halogens is 1. The molecule has 2 aliphatic rings. The van der Waals surface area contributed by atoms with Crippen LogP contribution in [0, 0.1) is 0 Å². The van der Waals surface area contributed by atoms with E-state index in [1.807, 2.05) is 18.2 Å². The number of esters is 1. The number of benzene rings is 1. The minimum atomic E-state index is -4.14. The van der Waals surface area contributed by atoms with Gasteiger partial charge >= 0.3 is 5.97 Å². The lowest BCUT2D eigenvalue weighted by atomic mass is 10.0. The van der Waals surface area contributed by atoms with Gasteiger partial charge in [-0.2, -0.15) is 4.31 Å². The number of carbonyl (C=O) groups is 2. The number of fused-ring (bicyclic) bond motifs is 1. The molecule has 0 bridgehead atoms. The van der Waals surface area contributed by atoms with Gasteiger partial charge in [-0.1, -0.05) is 17.7 Å². The Kier molecular flexibility index (Phi) is 8.45. The molecular formula is C26H32ClN3O5S2. The van der Waals surface area contributed by atoms with Crippen molar-refractivity contribution in [1.29, 1.82) is 0 Å². The van der Waals surface area contributed by atoms with E-state index in [1.165, 1.54) is 28.5 Å².